The number of carbonyl (C=O) groups excluding carboxylic acids is 1. The lowest BCUT2D eigenvalue weighted by atomic mass is 10.1. The van der Waals surface area contributed by atoms with Crippen LogP contribution < -0.4 is 0 Å². The van der Waals surface area contributed by atoms with Crippen LogP contribution in [-0.2, 0) is 4.79 Å². The highest BCUT2D eigenvalue weighted by Gasteiger charge is 2.04. The van der Waals surface area contributed by atoms with Crippen molar-refractivity contribution in [2.45, 2.75) is 6.92 Å². The molecular weight excluding hydrogens is 242 g/mol. The minimum absolute atomic E-state index is 0.534. The summed E-state index contributed by atoms with van der Waals surface area (Å²) in [5.41, 5.74) is 1.51. The van der Waals surface area contributed by atoms with Crippen molar-refractivity contribution in [3.05, 3.63) is 39.4 Å². The van der Waals surface area contributed by atoms with Crippen LogP contribution >= 0.6 is 34.8 Å². The van der Waals surface area contributed by atoms with Crippen molar-refractivity contribution >= 4 is 46.1 Å². The van der Waals surface area contributed by atoms with E-state index >= 15 is 0 Å². The van der Waals surface area contributed by atoms with E-state index in [2.05, 4.69) is 0 Å². The first-order valence-corrected chi connectivity index (χ1v) is 4.98. The number of halogens is 3. The zero-order chi connectivity index (χ0) is 10.7. The molecule has 0 unspecified atom stereocenters. The maximum absolute atomic E-state index is 10.5. The maximum atomic E-state index is 10.5. The summed E-state index contributed by atoms with van der Waals surface area (Å²) in [6, 6.07) is 3.45. The van der Waals surface area contributed by atoms with Crippen LogP contribution in [0.25, 0.3) is 6.08 Å². The Hall–Kier alpha value is -0.500. The van der Waals surface area contributed by atoms with E-state index in [0.717, 1.165) is 11.1 Å². The Morgan fingerprint density at radius 1 is 1.36 bits per heavy atom. The predicted octanol–water partition coefficient (Wildman–Crippen LogP) is 4.08. The molecule has 0 radical (unpaired) electrons. The van der Waals surface area contributed by atoms with Gasteiger partial charge in [-0.1, -0.05) is 29.3 Å². The molecule has 14 heavy (non-hydrogen) atoms. The van der Waals surface area contributed by atoms with Crippen LogP contribution in [-0.4, -0.2) is 5.24 Å². The fourth-order valence-electron chi connectivity index (χ4n) is 0.966. The number of benzene rings is 1. The third-order valence-corrected chi connectivity index (χ3v) is 2.78. The lowest BCUT2D eigenvalue weighted by Gasteiger charge is -2.03. The van der Waals surface area contributed by atoms with E-state index in [4.69, 9.17) is 34.8 Å². The molecule has 1 aromatic rings. The van der Waals surface area contributed by atoms with E-state index < -0.39 is 5.24 Å². The minimum atomic E-state index is -0.534. The topological polar surface area (TPSA) is 17.1 Å². The van der Waals surface area contributed by atoms with Gasteiger partial charge in [-0.2, -0.15) is 0 Å². The average molecular weight is 250 g/mol. The van der Waals surface area contributed by atoms with E-state index in [0.29, 0.717) is 10.0 Å². The van der Waals surface area contributed by atoms with Crippen molar-refractivity contribution in [1.82, 2.24) is 0 Å². The van der Waals surface area contributed by atoms with Crippen molar-refractivity contribution in [3.8, 4) is 0 Å². The highest BCUT2D eigenvalue weighted by Crippen LogP contribution is 2.27. The SMILES string of the molecule is Cc1c(Cl)ccc(/C=C/C(=O)Cl)c1Cl. The molecule has 1 nitrogen and oxygen atoms in total. The van der Waals surface area contributed by atoms with E-state index in [1.165, 1.54) is 6.08 Å². The fourth-order valence-corrected chi connectivity index (χ4v) is 1.46. The summed E-state index contributed by atoms with van der Waals surface area (Å²) in [4.78, 5) is 10.5. The molecule has 0 spiro atoms. The summed E-state index contributed by atoms with van der Waals surface area (Å²) in [6.45, 7) is 1.81. The number of hydrogen-bond acceptors (Lipinski definition) is 1. The normalized spacial score (nSPS) is 10.9. The lowest BCUT2D eigenvalue weighted by molar-refractivity contribution is -0.107. The summed E-state index contributed by atoms with van der Waals surface area (Å²) >= 11 is 17.0. The Morgan fingerprint density at radius 3 is 2.57 bits per heavy atom. The van der Waals surface area contributed by atoms with Crippen LogP contribution in [0, 0.1) is 6.92 Å². The van der Waals surface area contributed by atoms with Gasteiger partial charge in [0.2, 0.25) is 5.24 Å². The standard InChI is InChI=1S/C10H7Cl3O/c1-6-8(11)4-2-7(10(6)13)3-5-9(12)14/h2-5H,1H3/b5-3+. The molecule has 0 amide bonds. The molecule has 0 saturated heterocycles. The highest BCUT2D eigenvalue weighted by atomic mass is 35.5. The molecule has 74 valence electrons. The zero-order valence-electron chi connectivity index (χ0n) is 7.35. The first-order chi connectivity index (χ1) is 6.52. The number of rotatable bonds is 2. The van der Waals surface area contributed by atoms with Crippen molar-refractivity contribution in [1.29, 1.82) is 0 Å². The smallest absolute Gasteiger partial charge is 0.245 e. The summed E-state index contributed by atoms with van der Waals surface area (Å²) in [7, 11) is 0. The van der Waals surface area contributed by atoms with Gasteiger partial charge >= 0.3 is 0 Å². The van der Waals surface area contributed by atoms with Gasteiger partial charge in [0.1, 0.15) is 0 Å². The molecule has 0 aliphatic heterocycles. The molecule has 0 aliphatic rings. The largest absolute Gasteiger partial charge is 0.276 e. The molecule has 1 rings (SSSR count). The molecule has 0 N–H and O–H groups in total. The van der Waals surface area contributed by atoms with Crippen molar-refractivity contribution < 1.29 is 4.79 Å². The number of hydrogen-bond donors (Lipinski definition) is 0. The van der Waals surface area contributed by atoms with Gasteiger partial charge in [-0.15, -0.1) is 0 Å². The average Bonchev–Trinajstić information content (AvgIpc) is 2.13. The first-order valence-electron chi connectivity index (χ1n) is 3.84. The summed E-state index contributed by atoms with van der Waals surface area (Å²) in [5, 5.41) is 0.602. The number of allylic oxidation sites excluding steroid dienone is 1. The van der Waals surface area contributed by atoms with E-state index in [-0.39, 0.29) is 0 Å². The summed E-state index contributed by atoms with van der Waals surface area (Å²) < 4.78 is 0. The van der Waals surface area contributed by atoms with Crippen LogP contribution in [0.1, 0.15) is 11.1 Å². The number of carbonyl (C=O) groups is 1. The highest BCUT2D eigenvalue weighted by molar-refractivity contribution is 6.66. The predicted molar refractivity (Wildman–Crippen MR) is 61.1 cm³/mol. The second-order valence-electron chi connectivity index (χ2n) is 2.71. The van der Waals surface area contributed by atoms with Crippen LogP contribution in [0.4, 0.5) is 0 Å². The summed E-state index contributed by atoms with van der Waals surface area (Å²) in [5.74, 6) is 0. The fraction of sp³-hybridized carbons (Fsp3) is 0.100. The lowest BCUT2D eigenvalue weighted by Crippen LogP contribution is -1.83. The Bertz CT molecular complexity index is 397. The monoisotopic (exact) mass is 248 g/mol. The summed E-state index contributed by atoms with van der Waals surface area (Å²) in [6.07, 6.45) is 2.80. The molecule has 0 aromatic heterocycles. The van der Waals surface area contributed by atoms with Gasteiger partial charge in [0.25, 0.3) is 0 Å². The Morgan fingerprint density at radius 2 is 2.00 bits per heavy atom. The van der Waals surface area contributed by atoms with Gasteiger partial charge < -0.3 is 0 Å². The quantitative estimate of drug-likeness (QED) is 0.570. The van der Waals surface area contributed by atoms with Crippen LogP contribution in [0.2, 0.25) is 10.0 Å². The Kier molecular flexibility index (Phi) is 3.99. The van der Waals surface area contributed by atoms with Gasteiger partial charge in [-0.05, 0) is 47.9 Å². The van der Waals surface area contributed by atoms with Gasteiger partial charge in [0.15, 0.2) is 0 Å². The van der Waals surface area contributed by atoms with Crippen molar-refractivity contribution in [2.24, 2.45) is 0 Å². The van der Waals surface area contributed by atoms with Crippen LogP contribution in [0.3, 0.4) is 0 Å². The maximum Gasteiger partial charge on any atom is 0.245 e. The third-order valence-electron chi connectivity index (χ3n) is 1.74. The van der Waals surface area contributed by atoms with Crippen molar-refractivity contribution in [3.63, 3.8) is 0 Å². The van der Waals surface area contributed by atoms with Crippen LogP contribution in [0.15, 0.2) is 18.2 Å². The first kappa shape index (κ1) is 11.6. The second-order valence-corrected chi connectivity index (χ2v) is 3.87. The molecule has 0 bridgehead atoms. The van der Waals surface area contributed by atoms with Crippen LogP contribution in [0.5, 0.6) is 0 Å². The van der Waals surface area contributed by atoms with Gasteiger partial charge in [0, 0.05) is 5.02 Å². The van der Waals surface area contributed by atoms with E-state index in [9.17, 15) is 4.79 Å². The zero-order valence-corrected chi connectivity index (χ0v) is 9.62. The van der Waals surface area contributed by atoms with Gasteiger partial charge in [-0.25, -0.2) is 0 Å². The Balaban J connectivity index is 3.12. The van der Waals surface area contributed by atoms with Gasteiger partial charge in [-0.3, -0.25) is 4.79 Å². The molecule has 0 aliphatic carbocycles. The molecule has 4 heteroatoms. The molecule has 1 aromatic carbocycles. The molecule has 0 heterocycles. The molecule has 0 saturated carbocycles. The second kappa shape index (κ2) is 4.83. The van der Waals surface area contributed by atoms with E-state index in [1.54, 1.807) is 18.2 Å². The van der Waals surface area contributed by atoms with Gasteiger partial charge in [0.05, 0.1) is 5.02 Å². The molecule has 0 atom stereocenters. The Labute approximate surface area is 97.3 Å². The molecule has 0 fully saturated rings. The molecular formula is C10H7Cl3O. The third kappa shape index (κ3) is 2.74. The van der Waals surface area contributed by atoms with Crippen molar-refractivity contribution in [2.75, 3.05) is 0 Å². The van der Waals surface area contributed by atoms with E-state index in [1.807, 2.05) is 6.92 Å². The minimum Gasteiger partial charge on any atom is -0.276 e.